The number of amides is 3. The van der Waals surface area contributed by atoms with E-state index >= 15 is 0 Å². The third-order valence-electron chi connectivity index (χ3n) is 2.61. The molecule has 98 valence electrons. The molecular weight excluding hydrogens is 244 g/mol. The van der Waals surface area contributed by atoms with E-state index in [9.17, 15) is 9.59 Å². The molecule has 0 aliphatic carbocycles. The topological polar surface area (TPSA) is 67.4 Å². The van der Waals surface area contributed by atoms with Gasteiger partial charge in [0.25, 0.3) is 0 Å². The van der Waals surface area contributed by atoms with Gasteiger partial charge in [-0.15, -0.1) is 11.6 Å². The molecule has 17 heavy (non-hydrogen) atoms. The lowest BCUT2D eigenvalue weighted by atomic mass is 9.94. The fourth-order valence-corrected chi connectivity index (χ4v) is 2.02. The van der Waals surface area contributed by atoms with Crippen LogP contribution in [0.4, 0.5) is 4.79 Å². The number of hydrogen-bond donors (Lipinski definition) is 2. The zero-order chi connectivity index (χ0) is 12.9. The zero-order valence-corrected chi connectivity index (χ0v) is 11.0. The Morgan fingerprint density at radius 3 is 2.76 bits per heavy atom. The number of nitrogens with one attached hydrogen (secondary N) is 2. The highest BCUT2D eigenvalue weighted by atomic mass is 35.5. The number of halogens is 1. The highest BCUT2D eigenvalue weighted by molar-refractivity contribution is 6.19. The van der Waals surface area contributed by atoms with Crippen molar-refractivity contribution in [3.8, 4) is 0 Å². The molecule has 1 rings (SSSR count). The summed E-state index contributed by atoms with van der Waals surface area (Å²) in [5.41, 5.74) is -0.226. The summed E-state index contributed by atoms with van der Waals surface area (Å²) in [4.78, 5) is 22.6. The number of carbonyl (C=O) groups excluding carboxylic acids is 2. The molecule has 0 bridgehead atoms. The largest absolute Gasteiger partial charge is 0.375 e. The van der Waals surface area contributed by atoms with Crippen molar-refractivity contribution >= 4 is 23.5 Å². The van der Waals surface area contributed by atoms with Crippen LogP contribution in [0.2, 0.25) is 0 Å². The van der Waals surface area contributed by atoms with Crippen molar-refractivity contribution in [2.24, 2.45) is 0 Å². The normalized spacial score (nSPS) is 22.9. The molecule has 1 aliphatic rings. The lowest BCUT2D eigenvalue weighted by molar-refractivity contribution is -0.119. The molecule has 0 spiro atoms. The summed E-state index contributed by atoms with van der Waals surface area (Å²) in [6, 6.07) is -0.412. The summed E-state index contributed by atoms with van der Waals surface area (Å²) in [7, 11) is 0. The molecule has 0 radical (unpaired) electrons. The van der Waals surface area contributed by atoms with Crippen LogP contribution < -0.4 is 10.6 Å². The first kappa shape index (κ1) is 14.3. The highest BCUT2D eigenvalue weighted by Gasteiger charge is 2.29. The maximum absolute atomic E-state index is 11.5. The van der Waals surface area contributed by atoms with Crippen molar-refractivity contribution in [2.45, 2.75) is 44.8 Å². The van der Waals surface area contributed by atoms with Crippen LogP contribution in [0.3, 0.4) is 0 Å². The van der Waals surface area contributed by atoms with Crippen LogP contribution in [0.1, 0.15) is 33.1 Å². The zero-order valence-electron chi connectivity index (χ0n) is 10.2. The number of urea groups is 1. The van der Waals surface area contributed by atoms with Crippen LogP contribution in [-0.4, -0.2) is 36.1 Å². The molecule has 0 aromatic rings. The van der Waals surface area contributed by atoms with Crippen LogP contribution in [0, 0.1) is 0 Å². The minimum Gasteiger partial charge on any atom is -0.375 e. The van der Waals surface area contributed by atoms with Crippen molar-refractivity contribution in [3.05, 3.63) is 0 Å². The predicted octanol–water partition coefficient (Wildman–Crippen LogP) is 1.40. The van der Waals surface area contributed by atoms with Gasteiger partial charge in [-0.05, 0) is 26.7 Å². The third kappa shape index (κ3) is 5.37. The molecule has 3 amide bonds. The van der Waals surface area contributed by atoms with E-state index in [0.717, 1.165) is 12.8 Å². The molecule has 1 fully saturated rings. The summed E-state index contributed by atoms with van der Waals surface area (Å²) < 4.78 is 5.54. The molecule has 2 N–H and O–H groups in total. The van der Waals surface area contributed by atoms with Gasteiger partial charge in [-0.1, -0.05) is 0 Å². The average Bonchev–Trinajstić information content (AvgIpc) is 2.15. The molecule has 0 saturated carbocycles. The van der Waals surface area contributed by atoms with Gasteiger partial charge < -0.3 is 10.1 Å². The van der Waals surface area contributed by atoms with E-state index in [1.165, 1.54) is 0 Å². The Labute approximate surface area is 106 Å². The Morgan fingerprint density at radius 2 is 2.18 bits per heavy atom. The number of imide groups is 1. The van der Waals surface area contributed by atoms with Crippen LogP contribution in [0.25, 0.3) is 0 Å². The van der Waals surface area contributed by atoms with E-state index in [1.54, 1.807) is 0 Å². The van der Waals surface area contributed by atoms with Gasteiger partial charge in [-0.2, -0.15) is 0 Å². The van der Waals surface area contributed by atoms with E-state index in [4.69, 9.17) is 16.3 Å². The SMILES string of the molecule is CC1(C)CC(NC(=O)NC(=O)CCCl)CCO1. The Kier molecular flexibility index (Phi) is 5.21. The van der Waals surface area contributed by atoms with Crippen molar-refractivity contribution in [1.82, 2.24) is 10.6 Å². The minimum atomic E-state index is -0.456. The maximum Gasteiger partial charge on any atom is 0.321 e. The van der Waals surface area contributed by atoms with Crippen molar-refractivity contribution in [2.75, 3.05) is 12.5 Å². The first-order valence-electron chi connectivity index (χ1n) is 5.73. The fraction of sp³-hybridized carbons (Fsp3) is 0.818. The molecule has 1 heterocycles. The first-order chi connectivity index (χ1) is 7.93. The van der Waals surface area contributed by atoms with Gasteiger partial charge in [-0.25, -0.2) is 4.79 Å². The van der Waals surface area contributed by atoms with Gasteiger partial charge in [0, 0.05) is 24.9 Å². The standard InChI is InChI=1S/C11H19ClN2O3/c1-11(2)7-8(4-6-17-11)13-10(16)14-9(15)3-5-12/h8H,3-7H2,1-2H3,(H2,13,14,15,16). The lowest BCUT2D eigenvalue weighted by Crippen LogP contribution is -2.50. The van der Waals surface area contributed by atoms with E-state index in [-0.39, 0.29) is 29.9 Å². The second-order valence-electron chi connectivity index (χ2n) is 4.76. The van der Waals surface area contributed by atoms with Gasteiger partial charge in [0.1, 0.15) is 0 Å². The average molecular weight is 263 g/mol. The second kappa shape index (κ2) is 6.21. The van der Waals surface area contributed by atoms with E-state index < -0.39 is 6.03 Å². The first-order valence-corrected chi connectivity index (χ1v) is 6.27. The highest BCUT2D eigenvalue weighted by Crippen LogP contribution is 2.23. The summed E-state index contributed by atoms with van der Waals surface area (Å²) in [6.45, 7) is 4.59. The molecule has 0 aromatic carbocycles. The van der Waals surface area contributed by atoms with Gasteiger partial charge in [0.15, 0.2) is 0 Å². The maximum atomic E-state index is 11.5. The summed E-state index contributed by atoms with van der Waals surface area (Å²) >= 11 is 5.40. The van der Waals surface area contributed by atoms with Crippen LogP contribution in [-0.2, 0) is 9.53 Å². The van der Waals surface area contributed by atoms with E-state index in [2.05, 4.69) is 10.6 Å². The van der Waals surface area contributed by atoms with E-state index in [0.29, 0.717) is 6.61 Å². The lowest BCUT2D eigenvalue weighted by Gasteiger charge is -2.35. The van der Waals surface area contributed by atoms with Crippen LogP contribution in [0.5, 0.6) is 0 Å². The van der Waals surface area contributed by atoms with Crippen molar-refractivity contribution < 1.29 is 14.3 Å². The van der Waals surface area contributed by atoms with Gasteiger partial charge in [0.2, 0.25) is 5.91 Å². The van der Waals surface area contributed by atoms with Gasteiger partial charge >= 0.3 is 6.03 Å². The van der Waals surface area contributed by atoms with Crippen LogP contribution in [0.15, 0.2) is 0 Å². The smallest absolute Gasteiger partial charge is 0.321 e. The molecule has 5 nitrogen and oxygen atoms in total. The molecule has 1 saturated heterocycles. The predicted molar refractivity (Wildman–Crippen MR) is 65.1 cm³/mol. The summed E-state index contributed by atoms with van der Waals surface area (Å²) in [5, 5.41) is 5.01. The second-order valence-corrected chi connectivity index (χ2v) is 5.14. The molecular formula is C11H19ClN2O3. The molecule has 1 aliphatic heterocycles. The number of carbonyl (C=O) groups is 2. The quantitative estimate of drug-likeness (QED) is 0.756. The minimum absolute atomic E-state index is 0.0440. The van der Waals surface area contributed by atoms with Crippen molar-refractivity contribution in [3.63, 3.8) is 0 Å². The number of alkyl halides is 1. The molecule has 0 aromatic heterocycles. The third-order valence-corrected chi connectivity index (χ3v) is 2.80. The van der Waals surface area contributed by atoms with Crippen molar-refractivity contribution in [1.29, 1.82) is 0 Å². The number of ether oxygens (including phenoxy) is 1. The molecule has 1 atom stereocenters. The van der Waals surface area contributed by atoms with E-state index in [1.807, 2.05) is 13.8 Å². The summed E-state index contributed by atoms with van der Waals surface area (Å²) in [5.74, 6) is -0.146. The van der Waals surface area contributed by atoms with Crippen LogP contribution >= 0.6 is 11.6 Å². The molecule has 1 unspecified atom stereocenters. The summed E-state index contributed by atoms with van der Waals surface area (Å²) in [6.07, 6.45) is 1.65. The number of rotatable bonds is 3. The van der Waals surface area contributed by atoms with Gasteiger partial charge in [-0.3, -0.25) is 10.1 Å². The molecule has 6 heteroatoms. The Balaban J connectivity index is 2.33. The number of hydrogen-bond acceptors (Lipinski definition) is 3. The Bertz CT molecular complexity index is 294. The monoisotopic (exact) mass is 262 g/mol. The Hall–Kier alpha value is -0.810. The fourth-order valence-electron chi connectivity index (χ4n) is 1.85. The van der Waals surface area contributed by atoms with Gasteiger partial charge in [0.05, 0.1) is 5.60 Å². The Morgan fingerprint density at radius 1 is 1.47 bits per heavy atom.